The standard InChI is InChI=1S/C30H49NO6/c1-6-34-30(35-7-2,36-8-3)23-27(32)33-24-26(25-17-12-11-13-18-25)37-31-28(4,5)19-16-22-29(31)20-14-9-10-15-21-29/h11-13,17-18,26H,6-10,14-16,19-24H2,1-5H3. The molecule has 1 saturated heterocycles. The molecular formula is C30H49NO6. The van der Waals surface area contributed by atoms with Crippen LogP contribution in [0.4, 0.5) is 0 Å². The molecule has 1 aliphatic carbocycles. The van der Waals surface area contributed by atoms with Crippen molar-refractivity contribution in [3.63, 3.8) is 0 Å². The molecule has 1 spiro atoms. The van der Waals surface area contributed by atoms with Gasteiger partial charge in [0.05, 0.1) is 0 Å². The van der Waals surface area contributed by atoms with Crippen LogP contribution in [0.15, 0.2) is 30.3 Å². The molecule has 1 aliphatic heterocycles. The van der Waals surface area contributed by atoms with Gasteiger partial charge in [0, 0.05) is 30.9 Å². The Morgan fingerprint density at radius 1 is 0.865 bits per heavy atom. The number of hydrogen-bond donors (Lipinski definition) is 0. The molecule has 0 aromatic heterocycles. The van der Waals surface area contributed by atoms with Crippen LogP contribution >= 0.6 is 0 Å². The van der Waals surface area contributed by atoms with Crippen molar-refractivity contribution in [3.05, 3.63) is 35.9 Å². The summed E-state index contributed by atoms with van der Waals surface area (Å²) < 4.78 is 23.0. The average molecular weight is 520 g/mol. The number of benzene rings is 1. The first-order valence-electron chi connectivity index (χ1n) is 14.4. The van der Waals surface area contributed by atoms with Crippen LogP contribution in [0.5, 0.6) is 0 Å². The number of piperidine rings is 1. The zero-order chi connectivity index (χ0) is 26.8. The van der Waals surface area contributed by atoms with Crippen molar-refractivity contribution >= 4 is 5.97 Å². The van der Waals surface area contributed by atoms with Gasteiger partial charge in [-0.25, -0.2) is 0 Å². The Hall–Kier alpha value is -1.51. The lowest BCUT2D eigenvalue weighted by Crippen LogP contribution is -2.61. The average Bonchev–Trinajstić information content (AvgIpc) is 3.10. The summed E-state index contributed by atoms with van der Waals surface area (Å²) >= 11 is 0. The molecule has 1 saturated carbocycles. The maximum absolute atomic E-state index is 13.0. The third-order valence-electron chi connectivity index (χ3n) is 7.70. The lowest BCUT2D eigenvalue weighted by Gasteiger charge is -2.55. The van der Waals surface area contributed by atoms with Gasteiger partial charge in [0.25, 0.3) is 5.97 Å². The number of carbonyl (C=O) groups is 1. The maximum atomic E-state index is 13.0. The van der Waals surface area contributed by atoms with Gasteiger partial charge in [-0.05, 0) is 72.3 Å². The van der Waals surface area contributed by atoms with Crippen LogP contribution in [0.1, 0.15) is 110 Å². The van der Waals surface area contributed by atoms with Gasteiger partial charge in [-0.15, -0.1) is 0 Å². The highest BCUT2D eigenvalue weighted by Gasteiger charge is 2.49. The van der Waals surface area contributed by atoms with Crippen LogP contribution in [-0.4, -0.2) is 54.5 Å². The molecule has 1 aromatic rings. The van der Waals surface area contributed by atoms with Crippen LogP contribution in [-0.2, 0) is 28.6 Å². The van der Waals surface area contributed by atoms with Gasteiger partial charge in [0.15, 0.2) is 0 Å². The summed E-state index contributed by atoms with van der Waals surface area (Å²) in [4.78, 5) is 20.0. The van der Waals surface area contributed by atoms with E-state index in [0.717, 1.165) is 31.2 Å². The van der Waals surface area contributed by atoms with E-state index in [1.54, 1.807) is 0 Å². The number of hydrogen-bond acceptors (Lipinski definition) is 7. The number of esters is 1. The second kappa shape index (κ2) is 14.0. The largest absolute Gasteiger partial charge is 0.462 e. The Bertz CT molecular complexity index is 789. The highest BCUT2D eigenvalue weighted by Crippen LogP contribution is 2.47. The number of ether oxygens (including phenoxy) is 4. The van der Waals surface area contributed by atoms with Crippen molar-refractivity contribution in [3.8, 4) is 0 Å². The minimum atomic E-state index is -1.43. The second-order valence-corrected chi connectivity index (χ2v) is 10.9. The first-order valence-corrected chi connectivity index (χ1v) is 14.4. The van der Waals surface area contributed by atoms with Gasteiger partial charge < -0.3 is 18.9 Å². The van der Waals surface area contributed by atoms with Crippen molar-refractivity contribution < 1.29 is 28.6 Å². The van der Waals surface area contributed by atoms with Crippen molar-refractivity contribution in [2.45, 2.75) is 122 Å². The molecule has 1 aromatic carbocycles. The zero-order valence-electron chi connectivity index (χ0n) is 23.8. The summed E-state index contributed by atoms with van der Waals surface area (Å²) in [5.74, 6) is -1.88. The summed E-state index contributed by atoms with van der Waals surface area (Å²) in [6.45, 7) is 11.3. The Labute approximate surface area is 224 Å². The van der Waals surface area contributed by atoms with Crippen molar-refractivity contribution in [1.82, 2.24) is 5.06 Å². The third kappa shape index (κ3) is 7.99. The van der Waals surface area contributed by atoms with E-state index in [9.17, 15) is 4.79 Å². The molecule has 0 N–H and O–H groups in total. The van der Waals surface area contributed by atoms with Gasteiger partial charge in [-0.2, -0.15) is 5.06 Å². The van der Waals surface area contributed by atoms with E-state index in [1.807, 2.05) is 51.1 Å². The van der Waals surface area contributed by atoms with Crippen LogP contribution in [0.3, 0.4) is 0 Å². The lowest BCUT2D eigenvalue weighted by atomic mass is 9.75. The molecule has 7 nitrogen and oxygen atoms in total. The number of carbonyl (C=O) groups excluding carboxylic acids is 1. The molecule has 37 heavy (non-hydrogen) atoms. The van der Waals surface area contributed by atoms with Crippen LogP contribution < -0.4 is 0 Å². The number of hydroxylamine groups is 2. The molecule has 0 amide bonds. The molecular weight excluding hydrogens is 470 g/mol. The van der Waals surface area contributed by atoms with Gasteiger partial charge in [-0.3, -0.25) is 9.63 Å². The molecule has 210 valence electrons. The second-order valence-electron chi connectivity index (χ2n) is 10.9. The maximum Gasteiger partial charge on any atom is 0.314 e. The summed E-state index contributed by atoms with van der Waals surface area (Å²) in [6, 6.07) is 10.1. The van der Waals surface area contributed by atoms with Crippen molar-refractivity contribution in [2.75, 3.05) is 26.4 Å². The van der Waals surface area contributed by atoms with E-state index in [4.69, 9.17) is 23.8 Å². The molecule has 0 radical (unpaired) electrons. The fourth-order valence-corrected chi connectivity index (χ4v) is 6.11. The van der Waals surface area contributed by atoms with E-state index in [0.29, 0.717) is 19.8 Å². The first-order chi connectivity index (χ1) is 17.8. The molecule has 3 rings (SSSR count). The van der Waals surface area contributed by atoms with E-state index in [1.165, 1.54) is 32.1 Å². The van der Waals surface area contributed by atoms with E-state index in [2.05, 4.69) is 18.9 Å². The summed E-state index contributed by atoms with van der Waals surface area (Å²) in [7, 11) is 0. The van der Waals surface area contributed by atoms with E-state index < -0.39 is 18.0 Å². The summed E-state index contributed by atoms with van der Waals surface area (Å²) in [5, 5.41) is 2.31. The van der Waals surface area contributed by atoms with Gasteiger partial charge in [0.1, 0.15) is 19.1 Å². The first kappa shape index (κ1) is 30.0. The zero-order valence-corrected chi connectivity index (χ0v) is 23.8. The Morgan fingerprint density at radius 3 is 2.00 bits per heavy atom. The molecule has 2 aliphatic rings. The highest BCUT2D eigenvalue weighted by molar-refractivity contribution is 5.70. The predicted molar refractivity (Wildman–Crippen MR) is 144 cm³/mol. The minimum absolute atomic E-state index is 0.0311. The molecule has 0 bridgehead atoms. The van der Waals surface area contributed by atoms with Crippen LogP contribution in [0, 0.1) is 0 Å². The number of rotatable bonds is 13. The molecule has 1 unspecified atom stereocenters. The highest BCUT2D eigenvalue weighted by atomic mass is 16.9. The van der Waals surface area contributed by atoms with E-state index in [-0.39, 0.29) is 24.1 Å². The SMILES string of the molecule is CCOC(CC(=O)OCC(ON1C(C)(C)CCCC12CCCCCC2)c1ccccc1)(OCC)OCC. The van der Waals surface area contributed by atoms with Crippen molar-refractivity contribution in [1.29, 1.82) is 0 Å². The van der Waals surface area contributed by atoms with Crippen LogP contribution in [0.2, 0.25) is 0 Å². The van der Waals surface area contributed by atoms with Crippen molar-refractivity contribution in [2.24, 2.45) is 0 Å². The Morgan fingerprint density at radius 2 is 1.43 bits per heavy atom. The fourth-order valence-electron chi connectivity index (χ4n) is 6.11. The Balaban J connectivity index is 1.80. The van der Waals surface area contributed by atoms with E-state index >= 15 is 0 Å². The summed E-state index contributed by atoms with van der Waals surface area (Å²) in [5.41, 5.74) is 0.919. The number of nitrogens with zero attached hydrogens (tertiary/aromatic N) is 1. The van der Waals surface area contributed by atoms with Gasteiger partial charge in [0.2, 0.25) is 0 Å². The minimum Gasteiger partial charge on any atom is -0.462 e. The monoisotopic (exact) mass is 519 g/mol. The smallest absolute Gasteiger partial charge is 0.314 e. The topological polar surface area (TPSA) is 66.5 Å². The molecule has 1 atom stereocenters. The van der Waals surface area contributed by atoms with Gasteiger partial charge >= 0.3 is 5.97 Å². The lowest BCUT2D eigenvalue weighted by molar-refractivity contribution is -0.376. The molecule has 2 fully saturated rings. The third-order valence-corrected chi connectivity index (χ3v) is 7.70. The normalized spacial score (nSPS) is 20.9. The van der Waals surface area contributed by atoms with Gasteiger partial charge in [-0.1, -0.05) is 56.0 Å². The quantitative estimate of drug-likeness (QED) is 0.212. The molecule has 7 heteroatoms. The van der Waals surface area contributed by atoms with Crippen LogP contribution in [0.25, 0.3) is 0 Å². The molecule has 1 heterocycles. The summed E-state index contributed by atoms with van der Waals surface area (Å²) in [6.07, 6.45) is 10.2. The fraction of sp³-hybridized carbons (Fsp3) is 0.767. The predicted octanol–water partition coefficient (Wildman–Crippen LogP) is 6.71. The Kier molecular flexibility index (Phi) is 11.4.